The molecule has 3 aromatic rings. The van der Waals surface area contributed by atoms with Crippen molar-refractivity contribution in [1.82, 2.24) is 9.55 Å². The highest BCUT2D eigenvalue weighted by atomic mass is 32.2. The van der Waals surface area contributed by atoms with Gasteiger partial charge in [-0.3, -0.25) is 9.36 Å². The molecule has 0 unspecified atom stereocenters. The topological polar surface area (TPSA) is 46.9 Å². The zero-order valence-corrected chi connectivity index (χ0v) is 15.3. The van der Waals surface area contributed by atoms with Gasteiger partial charge in [0.2, 0.25) is 5.91 Å². The molecule has 0 bridgehead atoms. The van der Waals surface area contributed by atoms with Crippen molar-refractivity contribution in [3.8, 4) is 5.69 Å². The maximum Gasteiger partial charge on any atom is 0.234 e. The maximum absolute atomic E-state index is 12.3. The Balaban J connectivity index is 1.54. The summed E-state index contributed by atoms with van der Waals surface area (Å²) in [7, 11) is 0. The molecule has 4 rings (SSSR count). The summed E-state index contributed by atoms with van der Waals surface area (Å²) >= 11 is 1.50. The van der Waals surface area contributed by atoms with Gasteiger partial charge in [-0.05, 0) is 49.9 Å². The van der Waals surface area contributed by atoms with Crippen LogP contribution in [0.4, 0.5) is 5.69 Å². The number of para-hydroxylation sites is 2. The molecule has 2 aromatic carbocycles. The summed E-state index contributed by atoms with van der Waals surface area (Å²) < 4.78 is 2.23. The minimum absolute atomic E-state index is 0.0122. The minimum atomic E-state index is -0.0122. The van der Waals surface area contributed by atoms with Crippen LogP contribution >= 0.6 is 11.8 Å². The molecule has 26 heavy (non-hydrogen) atoms. The van der Waals surface area contributed by atoms with Crippen molar-refractivity contribution in [2.45, 2.75) is 30.8 Å². The molecule has 4 nitrogen and oxygen atoms in total. The highest BCUT2D eigenvalue weighted by Gasteiger charge is 2.21. The monoisotopic (exact) mass is 363 g/mol. The van der Waals surface area contributed by atoms with Crippen LogP contribution in [0.2, 0.25) is 0 Å². The fourth-order valence-electron chi connectivity index (χ4n) is 3.30. The van der Waals surface area contributed by atoms with Crippen LogP contribution < -0.4 is 5.32 Å². The van der Waals surface area contributed by atoms with Crippen molar-refractivity contribution in [2.24, 2.45) is 0 Å². The number of carbonyl (C=O) groups excluding carboxylic acids is 1. The number of rotatable bonds is 5. The third-order valence-electron chi connectivity index (χ3n) is 4.51. The van der Waals surface area contributed by atoms with Gasteiger partial charge in [-0.1, -0.05) is 48.2 Å². The molecule has 0 fully saturated rings. The van der Waals surface area contributed by atoms with Crippen LogP contribution in [0.3, 0.4) is 0 Å². The number of benzene rings is 2. The number of hydrogen-bond donors (Lipinski definition) is 1. The molecule has 0 spiro atoms. The van der Waals surface area contributed by atoms with Crippen molar-refractivity contribution >= 4 is 23.4 Å². The van der Waals surface area contributed by atoms with Crippen molar-refractivity contribution < 1.29 is 4.79 Å². The van der Waals surface area contributed by atoms with Crippen molar-refractivity contribution in [3.05, 3.63) is 72.1 Å². The molecule has 0 saturated heterocycles. The Labute approximate surface area is 157 Å². The van der Waals surface area contributed by atoms with Crippen LogP contribution in [0.15, 0.2) is 65.8 Å². The summed E-state index contributed by atoms with van der Waals surface area (Å²) in [6.07, 6.45) is 4.47. The van der Waals surface area contributed by atoms with Gasteiger partial charge in [-0.2, -0.15) is 0 Å². The second kappa shape index (κ2) is 7.79. The van der Waals surface area contributed by atoms with Gasteiger partial charge in [0.25, 0.3) is 0 Å². The molecule has 5 heteroatoms. The lowest BCUT2D eigenvalue weighted by Crippen LogP contribution is -2.14. The molecule has 0 atom stereocenters. The van der Waals surface area contributed by atoms with Gasteiger partial charge >= 0.3 is 0 Å². The van der Waals surface area contributed by atoms with E-state index in [1.165, 1.54) is 36.0 Å². The number of amides is 1. The molecule has 1 aliphatic rings. The van der Waals surface area contributed by atoms with Gasteiger partial charge in [-0.15, -0.1) is 0 Å². The van der Waals surface area contributed by atoms with E-state index in [0.29, 0.717) is 5.75 Å². The van der Waals surface area contributed by atoms with Crippen LogP contribution in [0.25, 0.3) is 5.69 Å². The van der Waals surface area contributed by atoms with Crippen LogP contribution in [0.1, 0.15) is 24.2 Å². The number of carbonyl (C=O) groups is 1. The smallest absolute Gasteiger partial charge is 0.234 e. The summed E-state index contributed by atoms with van der Waals surface area (Å²) in [6, 6.07) is 19.9. The largest absolute Gasteiger partial charge is 0.325 e. The number of aromatic nitrogens is 2. The van der Waals surface area contributed by atoms with Gasteiger partial charge in [0.15, 0.2) is 5.16 Å². The lowest BCUT2D eigenvalue weighted by molar-refractivity contribution is -0.113. The molecule has 0 saturated carbocycles. The molecule has 1 aromatic heterocycles. The fourth-order valence-corrected chi connectivity index (χ4v) is 4.16. The number of imidazole rings is 1. The Bertz CT molecular complexity index is 890. The Morgan fingerprint density at radius 3 is 2.46 bits per heavy atom. The summed E-state index contributed by atoms with van der Waals surface area (Å²) in [5, 5.41) is 3.84. The van der Waals surface area contributed by atoms with E-state index in [1.54, 1.807) is 0 Å². The standard InChI is InChI=1S/C21H21N3OS/c25-20(22-16-9-3-1-4-10-16)15-26-21-23-18-13-7-8-14-19(18)24(21)17-11-5-2-6-12-17/h1-6,9-12H,7-8,13-15H2,(H,22,25). The first kappa shape index (κ1) is 16.9. The third kappa shape index (κ3) is 3.68. The molecule has 1 aliphatic carbocycles. The highest BCUT2D eigenvalue weighted by molar-refractivity contribution is 7.99. The summed E-state index contributed by atoms with van der Waals surface area (Å²) in [4.78, 5) is 17.2. The number of nitrogens with one attached hydrogen (secondary N) is 1. The molecule has 132 valence electrons. The van der Waals surface area contributed by atoms with Crippen LogP contribution in [-0.4, -0.2) is 21.2 Å². The van der Waals surface area contributed by atoms with E-state index >= 15 is 0 Å². The van der Waals surface area contributed by atoms with Gasteiger partial charge in [-0.25, -0.2) is 4.98 Å². The lowest BCUT2D eigenvalue weighted by atomic mass is 10.0. The molecule has 0 aliphatic heterocycles. The first-order valence-electron chi connectivity index (χ1n) is 8.95. The number of thioether (sulfide) groups is 1. The Hall–Kier alpha value is -2.53. The van der Waals surface area contributed by atoms with Crippen molar-refractivity contribution in [2.75, 3.05) is 11.1 Å². The zero-order valence-electron chi connectivity index (χ0n) is 14.5. The van der Waals surface area contributed by atoms with Gasteiger partial charge in [0, 0.05) is 17.1 Å². The lowest BCUT2D eigenvalue weighted by Gasteiger charge is -2.15. The summed E-state index contributed by atoms with van der Waals surface area (Å²) in [6.45, 7) is 0. The van der Waals surface area contributed by atoms with Crippen LogP contribution in [0, 0.1) is 0 Å². The minimum Gasteiger partial charge on any atom is -0.325 e. The van der Waals surface area contributed by atoms with E-state index < -0.39 is 0 Å². The molecule has 1 heterocycles. The quantitative estimate of drug-likeness (QED) is 0.680. The third-order valence-corrected chi connectivity index (χ3v) is 5.44. The van der Waals surface area contributed by atoms with E-state index in [0.717, 1.165) is 29.4 Å². The Morgan fingerprint density at radius 2 is 1.69 bits per heavy atom. The number of aryl methyl sites for hydroxylation is 1. The van der Waals surface area contributed by atoms with Crippen molar-refractivity contribution in [1.29, 1.82) is 0 Å². The van der Waals surface area contributed by atoms with Gasteiger partial charge < -0.3 is 5.32 Å². The first-order chi connectivity index (χ1) is 12.8. The second-order valence-corrected chi connectivity index (χ2v) is 7.31. The number of hydrogen-bond acceptors (Lipinski definition) is 3. The Kier molecular flexibility index (Phi) is 5.07. The maximum atomic E-state index is 12.3. The molecule has 0 radical (unpaired) electrons. The van der Waals surface area contributed by atoms with E-state index in [-0.39, 0.29) is 5.91 Å². The summed E-state index contributed by atoms with van der Waals surface area (Å²) in [5.41, 5.74) is 4.43. The molecule has 1 N–H and O–H groups in total. The zero-order chi connectivity index (χ0) is 17.8. The average molecular weight is 363 g/mol. The van der Waals surface area contributed by atoms with E-state index in [4.69, 9.17) is 4.98 Å². The normalized spacial score (nSPS) is 13.2. The average Bonchev–Trinajstić information content (AvgIpc) is 3.06. The number of fused-ring (bicyclic) bond motifs is 1. The summed E-state index contributed by atoms with van der Waals surface area (Å²) in [5.74, 6) is 0.333. The van der Waals surface area contributed by atoms with Crippen LogP contribution in [0.5, 0.6) is 0 Å². The predicted octanol–water partition coefficient (Wildman–Crippen LogP) is 4.48. The number of nitrogens with zero attached hydrogens (tertiary/aromatic N) is 2. The van der Waals surface area contributed by atoms with E-state index in [9.17, 15) is 4.79 Å². The molecule has 1 amide bonds. The van der Waals surface area contributed by atoms with Crippen LogP contribution in [-0.2, 0) is 17.6 Å². The Morgan fingerprint density at radius 1 is 1.00 bits per heavy atom. The number of anilines is 1. The van der Waals surface area contributed by atoms with Gasteiger partial charge in [0.05, 0.1) is 11.4 Å². The molecular weight excluding hydrogens is 342 g/mol. The van der Waals surface area contributed by atoms with Gasteiger partial charge in [0.1, 0.15) is 0 Å². The van der Waals surface area contributed by atoms with E-state index in [1.807, 2.05) is 48.5 Å². The first-order valence-corrected chi connectivity index (χ1v) is 9.93. The molecular formula is C21H21N3OS. The van der Waals surface area contributed by atoms with E-state index in [2.05, 4.69) is 22.0 Å². The fraction of sp³-hybridized carbons (Fsp3) is 0.238. The van der Waals surface area contributed by atoms with Crippen molar-refractivity contribution in [3.63, 3.8) is 0 Å². The SMILES string of the molecule is O=C(CSc1nc2c(n1-c1ccccc1)CCCC2)Nc1ccccc1. The second-order valence-electron chi connectivity index (χ2n) is 6.37. The predicted molar refractivity (Wildman–Crippen MR) is 106 cm³/mol. The highest BCUT2D eigenvalue weighted by Crippen LogP contribution is 2.30.